The largest absolute Gasteiger partial charge is 0.351 e. The summed E-state index contributed by atoms with van der Waals surface area (Å²) in [5, 5.41) is 0. The molecule has 1 atom stereocenters. The molecule has 1 aromatic carbocycles. The van der Waals surface area contributed by atoms with E-state index in [9.17, 15) is 0 Å². The van der Waals surface area contributed by atoms with Gasteiger partial charge in [0.15, 0.2) is 11.7 Å². The van der Waals surface area contributed by atoms with Gasteiger partial charge in [-0.2, -0.15) is 0 Å². The normalized spacial score (nSPS) is 25.0. The van der Waals surface area contributed by atoms with Crippen molar-refractivity contribution < 1.29 is 0 Å². The third-order valence-corrected chi connectivity index (χ3v) is 5.42. The van der Waals surface area contributed by atoms with Gasteiger partial charge in [-0.15, -0.1) is 0 Å². The minimum atomic E-state index is 0.360. The van der Waals surface area contributed by atoms with Crippen molar-refractivity contribution in [2.24, 2.45) is 9.98 Å². The van der Waals surface area contributed by atoms with Crippen LogP contribution in [0.2, 0.25) is 0 Å². The predicted octanol–water partition coefficient (Wildman–Crippen LogP) is 2.59. The molecular formula is C19H23N5. The maximum Gasteiger partial charge on any atom is 0.177 e. The van der Waals surface area contributed by atoms with Gasteiger partial charge in [0.05, 0.1) is 23.1 Å². The van der Waals surface area contributed by atoms with Crippen molar-refractivity contribution >= 4 is 23.0 Å². The minimum absolute atomic E-state index is 0.360. The van der Waals surface area contributed by atoms with Gasteiger partial charge in [-0.05, 0) is 36.7 Å². The Morgan fingerprint density at radius 2 is 1.83 bits per heavy atom. The number of anilines is 1. The lowest BCUT2D eigenvalue weighted by Gasteiger charge is -2.38. The molecule has 24 heavy (non-hydrogen) atoms. The molecule has 0 N–H and O–H groups in total. The van der Waals surface area contributed by atoms with E-state index in [1.54, 1.807) is 0 Å². The van der Waals surface area contributed by atoms with Gasteiger partial charge in [0.25, 0.3) is 0 Å². The van der Waals surface area contributed by atoms with E-state index in [4.69, 9.17) is 9.98 Å². The molecule has 124 valence electrons. The summed E-state index contributed by atoms with van der Waals surface area (Å²) in [5.74, 6) is 2.63. The number of fused-ring (bicyclic) bond motifs is 5. The quantitative estimate of drug-likeness (QED) is 0.797. The Morgan fingerprint density at radius 3 is 2.58 bits per heavy atom. The zero-order valence-corrected chi connectivity index (χ0v) is 14.5. The van der Waals surface area contributed by atoms with Crippen LogP contribution in [0.5, 0.6) is 0 Å². The van der Waals surface area contributed by atoms with Gasteiger partial charge in [-0.25, -0.2) is 9.98 Å². The Hall–Kier alpha value is -2.14. The van der Waals surface area contributed by atoms with E-state index >= 15 is 0 Å². The Kier molecular flexibility index (Phi) is 2.92. The average Bonchev–Trinajstić information content (AvgIpc) is 3.24. The first-order valence-electron chi connectivity index (χ1n) is 8.88. The van der Waals surface area contributed by atoms with Crippen molar-refractivity contribution in [1.29, 1.82) is 0 Å². The molecule has 0 spiro atoms. The van der Waals surface area contributed by atoms with E-state index in [2.05, 4.69) is 59.9 Å². The number of nitrogens with zero attached hydrogens (tertiary/aromatic N) is 5. The smallest absolute Gasteiger partial charge is 0.177 e. The molecule has 0 amide bonds. The molecule has 3 heterocycles. The lowest BCUT2D eigenvalue weighted by atomic mass is 10.0. The second kappa shape index (κ2) is 4.93. The zero-order chi connectivity index (χ0) is 16.4. The first kappa shape index (κ1) is 14.2. The fourth-order valence-electron chi connectivity index (χ4n) is 3.73. The highest BCUT2D eigenvalue weighted by atomic mass is 15.4. The number of piperazine rings is 1. The first-order chi connectivity index (χ1) is 11.6. The van der Waals surface area contributed by atoms with E-state index in [-0.39, 0.29) is 0 Å². The second-order valence-electron chi connectivity index (χ2n) is 7.47. The Balaban J connectivity index is 1.58. The van der Waals surface area contributed by atoms with E-state index in [0.29, 0.717) is 12.0 Å². The molecule has 1 aromatic rings. The molecule has 0 aromatic heterocycles. The van der Waals surface area contributed by atoms with E-state index < -0.39 is 0 Å². The van der Waals surface area contributed by atoms with Crippen LogP contribution in [0.15, 0.2) is 40.0 Å². The van der Waals surface area contributed by atoms with Crippen molar-refractivity contribution in [3.05, 3.63) is 35.5 Å². The molecule has 1 saturated heterocycles. The number of likely N-dealkylation sites (N-methyl/N-ethyl adjacent to an activating group) is 1. The summed E-state index contributed by atoms with van der Waals surface area (Å²) < 4.78 is 0. The highest BCUT2D eigenvalue weighted by Gasteiger charge is 2.46. The maximum absolute atomic E-state index is 5.02. The molecule has 4 aliphatic rings. The summed E-state index contributed by atoms with van der Waals surface area (Å²) in [6.07, 6.45) is 2.24. The van der Waals surface area contributed by atoms with Crippen LogP contribution in [0.3, 0.4) is 0 Å². The fourth-order valence-corrected chi connectivity index (χ4v) is 3.73. The maximum atomic E-state index is 5.02. The molecule has 1 unspecified atom stereocenters. The Labute approximate surface area is 143 Å². The van der Waals surface area contributed by atoms with Crippen LogP contribution in [0.4, 0.5) is 11.4 Å². The van der Waals surface area contributed by atoms with Crippen LogP contribution in [-0.4, -0.2) is 60.7 Å². The summed E-state index contributed by atoms with van der Waals surface area (Å²) >= 11 is 0. The van der Waals surface area contributed by atoms with E-state index in [1.165, 1.54) is 16.9 Å². The second-order valence-corrected chi connectivity index (χ2v) is 7.47. The van der Waals surface area contributed by atoms with Crippen molar-refractivity contribution in [2.45, 2.75) is 25.8 Å². The van der Waals surface area contributed by atoms with Crippen LogP contribution in [0.25, 0.3) is 0 Å². The Bertz CT molecular complexity index is 796. The van der Waals surface area contributed by atoms with Gasteiger partial charge < -0.3 is 14.7 Å². The van der Waals surface area contributed by atoms with Crippen LogP contribution in [0.1, 0.15) is 25.3 Å². The highest BCUT2D eigenvalue weighted by Crippen LogP contribution is 2.45. The molecule has 5 rings (SSSR count). The van der Waals surface area contributed by atoms with Crippen molar-refractivity contribution in [1.82, 2.24) is 9.80 Å². The first-order valence-corrected chi connectivity index (χ1v) is 8.88. The number of rotatable bonds is 1. The zero-order valence-electron chi connectivity index (χ0n) is 14.5. The van der Waals surface area contributed by atoms with Gasteiger partial charge in [0.1, 0.15) is 0 Å². The monoisotopic (exact) mass is 321 g/mol. The molecule has 1 aliphatic carbocycles. The van der Waals surface area contributed by atoms with Crippen LogP contribution in [-0.2, 0) is 0 Å². The SMILES string of the molecule is CC(C)c1ccc2c(c1)N1C(=NC3=CC31)C(N1CCN(C)CC1)=N2. The summed E-state index contributed by atoms with van der Waals surface area (Å²) in [6.45, 7) is 8.68. The van der Waals surface area contributed by atoms with Crippen LogP contribution in [0, 0.1) is 0 Å². The van der Waals surface area contributed by atoms with Crippen LogP contribution < -0.4 is 4.90 Å². The average molecular weight is 321 g/mol. The van der Waals surface area contributed by atoms with Crippen molar-refractivity contribution in [2.75, 3.05) is 38.1 Å². The molecule has 5 heteroatoms. The van der Waals surface area contributed by atoms with Gasteiger partial charge in [0, 0.05) is 26.2 Å². The lowest BCUT2D eigenvalue weighted by Crippen LogP contribution is -2.53. The minimum Gasteiger partial charge on any atom is -0.351 e. The Morgan fingerprint density at radius 1 is 1.04 bits per heavy atom. The summed E-state index contributed by atoms with van der Waals surface area (Å²) in [7, 11) is 2.18. The standard InChI is InChI=1S/C19H23N5/c1-12(2)13-4-5-14-16(10-13)24-17-11-15(17)21-19(24)18(20-14)23-8-6-22(3)7-9-23/h4-5,10-12,17H,6-9H2,1-3H3. The number of amidine groups is 2. The van der Waals surface area contributed by atoms with E-state index in [0.717, 1.165) is 43.5 Å². The topological polar surface area (TPSA) is 34.4 Å². The third-order valence-electron chi connectivity index (χ3n) is 5.42. The van der Waals surface area contributed by atoms with Gasteiger partial charge >= 0.3 is 0 Å². The van der Waals surface area contributed by atoms with E-state index in [1.807, 2.05) is 0 Å². The summed E-state index contributed by atoms with van der Waals surface area (Å²) in [5.41, 5.74) is 4.86. The predicted molar refractivity (Wildman–Crippen MR) is 98.5 cm³/mol. The lowest BCUT2D eigenvalue weighted by molar-refractivity contribution is 0.217. The molecule has 3 aliphatic heterocycles. The molecular weight excluding hydrogens is 298 g/mol. The van der Waals surface area contributed by atoms with Gasteiger partial charge in [-0.1, -0.05) is 19.9 Å². The van der Waals surface area contributed by atoms with Crippen molar-refractivity contribution in [3.8, 4) is 0 Å². The van der Waals surface area contributed by atoms with Crippen molar-refractivity contribution in [3.63, 3.8) is 0 Å². The molecule has 0 radical (unpaired) electrons. The number of hydrogen-bond acceptors (Lipinski definition) is 5. The highest BCUT2D eigenvalue weighted by molar-refractivity contribution is 6.48. The molecule has 0 bridgehead atoms. The van der Waals surface area contributed by atoms with Gasteiger partial charge in [-0.3, -0.25) is 0 Å². The number of hydrogen-bond donors (Lipinski definition) is 0. The summed E-state index contributed by atoms with van der Waals surface area (Å²) in [4.78, 5) is 17.0. The van der Waals surface area contributed by atoms with Gasteiger partial charge in [0.2, 0.25) is 0 Å². The fraction of sp³-hybridized carbons (Fsp3) is 0.474. The molecule has 1 fully saturated rings. The number of benzene rings is 1. The van der Waals surface area contributed by atoms with Crippen LogP contribution >= 0.6 is 0 Å². The molecule has 5 nitrogen and oxygen atoms in total. The molecule has 0 saturated carbocycles. The number of aliphatic imine (C=N–C) groups is 2. The third kappa shape index (κ3) is 2.04. The summed E-state index contributed by atoms with van der Waals surface area (Å²) in [6, 6.07) is 7.06.